The maximum absolute atomic E-state index is 5.51. The molecule has 0 bridgehead atoms. The fourth-order valence-corrected chi connectivity index (χ4v) is 5.95. The number of methoxy groups -OCH3 is 2. The number of hydrogen-bond donors (Lipinski definition) is 0. The Hall–Kier alpha value is -0.860. The van der Waals surface area contributed by atoms with E-state index >= 15 is 0 Å². The van der Waals surface area contributed by atoms with Gasteiger partial charge in [0.15, 0.2) is 0 Å². The molecule has 44 heavy (non-hydrogen) atoms. The Balaban J connectivity index is 3.86. The Labute approximate surface area is 278 Å². The van der Waals surface area contributed by atoms with Gasteiger partial charge in [-0.3, -0.25) is 0 Å². The van der Waals surface area contributed by atoms with Gasteiger partial charge in [0.1, 0.15) is 0 Å². The van der Waals surface area contributed by atoms with Crippen molar-refractivity contribution in [1.82, 2.24) is 0 Å². The molecule has 0 aromatic heterocycles. The highest BCUT2D eigenvalue weighted by Gasteiger charge is 2.14. The van der Waals surface area contributed by atoms with Gasteiger partial charge in [-0.05, 0) is 108 Å². The molecule has 260 valence electrons. The van der Waals surface area contributed by atoms with Crippen molar-refractivity contribution in [3.8, 4) is 0 Å². The van der Waals surface area contributed by atoms with E-state index in [0.29, 0.717) is 11.8 Å². The molecule has 0 fully saturated rings. The second-order valence-corrected chi connectivity index (χ2v) is 16.2. The molecule has 0 saturated heterocycles. The van der Waals surface area contributed by atoms with Crippen molar-refractivity contribution in [3.05, 3.63) is 36.5 Å². The Kier molecular flexibility index (Phi) is 24.8. The van der Waals surface area contributed by atoms with Crippen LogP contribution in [-0.4, -0.2) is 25.4 Å². The molecule has 2 heteroatoms. The minimum absolute atomic E-state index is 0.0459. The first kappa shape index (κ1) is 43.1. The van der Waals surface area contributed by atoms with Crippen LogP contribution in [0.15, 0.2) is 36.5 Å². The van der Waals surface area contributed by atoms with Gasteiger partial charge in [-0.1, -0.05) is 136 Å². The van der Waals surface area contributed by atoms with Crippen molar-refractivity contribution < 1.29 is 9.47 Å². The van der Waals surface area contributed by atoms with Crippen LogP contribution in [0.5, 0.6) is 0 Å². The van der Waals surface area contributed by atoms with Gasteiger partial charge in [0.25, 0.3) is 0 Å². The standard InChI is InChI=1S/C42H80O2/c1-35(23-15-25-37(3)27-17-29-39(5)31-19-33-41(7,8)43-11)21-13-14-22-36(2)24-16-26-38(4)28-18-30-40(6)32-20-34-42(9,10)44-12/h13,19-21,31-32,35-40H,14-18,22-30,33-34H2,1-12H3/b21-13+,31-19+,32-20+. The molecule has 0 aliphatic heterocycles. The Morgan fingerprint density at radius 2 is 0.727 bits per heavy atom. The lowest BCUT2D eigenvalue weighted by Gasteiger charge is -2.20. The van der Waals surface area contributed by atoms with Gasteiger partial charge in [-0.15, -0.1) is 0 Å². The van der Waals surface area contributed by atoms with Gasteiger partial charge in [0.2, 0.25) is 0 Å². The fourth-order valence-electron chi connectivity index (χ4n) is 5.95. The summed E-state index contributed by atoms with van der Waals surface area (Å²) < 4.78 is 11.0. The Morgan fingerprint density at radius 3 is 1.07 bits per heavy atom. The molecule has 2 nitrogen and oxygen atoms in total. The van der Waals surface area contributed by atoms with Crippen LogP contribution in [0.2, 0.25) is 0 Å². The van der Waals surface area contributed by atoms with Crippen molar-refractivity contribution in [3.63, 3.8) is 0 Å². The van der Waals surface area contributed by atoms with E-state index in [-0.39, 0.29) is 11.2 Å². The number of hydrogen-bond acceptors (Lipinski definition) is 2. The summed E-state index contributed by atoms with van der Waals surface area (Å²) in [5, 5.41) is 0. The summed E-state index contributed by atoms with van der Waals surface area (Å²) in [6.45, 7) is 23.1. The van der Waals surface area contributed by atoms with Crippen molar-refractivity contribution in [1.29, 1.82) is 0 Å². The van der Waals surface area contributed by atoms with Gasteiger partial charge in [-0.25, -0.2) is 0 Å². The minimum Gasteiger partial charge on any atom is -0.378 e. The zero-order valence-corrected chi connectivity index (χ0v) is 32.1. The van der Waals surface area contributed by atoms with Crippen molar-refractivity contribution >= 4 is 0 Å². The minimum atomic E-state index is -0.0470. The summed E-state index contributed by atoms with van der Waals surface area (Å²) in [5.74, 6) is 4.62. The first-order valence-corrected chi connectivity index (χ1v) is 18.8. The summed E-state index contributed by atoms with van der Waals surface area (Å²) in [6, 6.07) is 0. The monoisotopic (exact) mass is 617 g/mol. The fraction of sp³-hybridized carbons (Fsp3) is 0.857. The molecular weight excluding hydrogens is 536 g/mol. The third-order valence-electron chi connectivity index (χ3n) is 10.0. The number of allylic oxidation sites excluding steroid dienone is 4. The molecular formula is C42H80O2. The lowest BCUT2D eigenvalue weighted by Crippen LogP contribution is -2.20. The van der Waals surface area contributed by atoms with E-state index in [1.54, 1.807) is 14.2 Å². The lowest BCUT2D eigenvalue weighted by atomic mass is 9.91. The molecule has 0 rings (SSSR count). The Bertz CT molecular complexity index is 745. The topological polar surface area (TPSA) is 18.5 Å². The average molecular weight is 617 g/mol. The molecule has 0 aromatic rings. The summed E-state index contributed by atoms with van der Waals surface area (Å²) in [5.41, 5.74) is -0.0929. The van der Waals surface area contributed by atoms with Gasteiger partial charge in [0, 0.05) is 14.2 Å². The zero-order valence-electron chi connectivity index (χ0n) is 32.1. The van der Waals surface area contributed by atoms with E-state index in [4.69, 9.17) is 9.47 Å². The van der Waals surface area contributed by atoms with Crippen molar-refractivity contribution in [2.75, 3.05) is 14.2 Å². The van der Waals surface area contributed by atoms with Crippen molar-refractivity contribution in [2.24, 2.45) is 35.5 Å². The smallest absolute Gasteiger partial charge is 0.0657 e. The molecule has 0 radical (unpaired) electrons. The van der Waals surface area contributed by atoms with E-state index in [1.165, 1.54) is 89.9 Å². The quantitative estimate of drug-likeness (QED) is 0.0814. The van der Waals surface area contributed by atoms with Crippen LogP contribution in [0.25, 0.3) is 0 Å². The highest BCUT2D eigenvalue weighted by molar-refractivity contribution is 4.92. The van der Waals surface area contributed by atoms with Gasteiger partial charge in [0.05, 0.1) is 11.2 Å². The second kappa shape index (κ2) is 25.3. The lowest BCUT2D eigenvalue weighted by molar-refractivity contribution is 0.0251. The van der Waals surface area contributed by atoms with Gasteiger partial charge in [-0.2, -0.15) is 0 Å². The van der Waals surface area contributed by atoms with E-state index in [9.17, 15) is 0 Å². The first-order chi connectivity index (χ1) is 20.7. The molecule has 0 saturated carbocycles. The van der Waals surface area contributed by atoms with Gasteiger partial charge < -0.3 is 9.47 Å². The predicted molar refractivity (Wildman–Crippen MR) is 198 cm³/mol. The van der Waals surface area contributed by atoms with E-state index in [0.717, 1.165) is 36.5 Å². The molecule has 6 unspecified atom stereocenters. The van der Waals surface area contributed by atoms with Gasteiger partial charge >= 0.3 is 0 Å². The molecule has 0 N–H and O–H groups in total. The summed E-state index contributed by atoms with van der Waals surface area (Å²) >= 11 is 0. The SMILES string of the molecule is COC(C)(C)C/C=C/C(C)CCCC(C)CCCC(C)/C=C/CCC(C)CCCC(C)CCCC(C)/C=C/CC(C)(C)OC. The van der Waals surface area contributed by atoms with Crippen LogP contribution in [0.4, 0.5) is 0 Å². The largest absolute Gasteiger partial charge is 0.378 e. The molecule has 0 aliphatic rings. The highest BCUT2D eigenvalue weighted by Crippen LogP contribution is 2.24. The molecule has 0 aromatic carbocycles. The van der Waals surface area contributed by atoms with Crippen LogP contribution in [0.1, 0.15) is 172 Å². The molecule has 0 heterocycles. The van der Waals surface area contributed by atoms with Crippen LogP contribution >= 0.6 is 0 Å². The molecule has 0 aliphatic carbocycles. The molecule has 0 spiro atoms. The normalized spacial score (nSPS) is 17.5. The van der Waals surface area contributed by atoms with Crippen LogP contribution in [0, 0.1) is 35.5 Å². The Morgan fingerprint density at radius 1 is 0.432 bits per heavy atom. The molecule has 0 amide bonds. The summed E-state index contributed by atoms with van der Waals surface area (Å²) in [6.07, 6.45) is 35.2. The summed E-state index contributed by atoms with van der Waals surface area (Å²) in [4.78, 5) is 0. The van der Waals surface area contributed by atoms with Crippen LogP contribution in [-0.2, 0) is 9.47 Å². The molecule has 6 atom stereocenters. The second-order valence-electron chi connectivity index (χ2n) is 16.2. The summed E-state index contributed by atoms with van der Waals surface area (Å²) in [7, 11) is 3.60. The van der Waals surface area contributed by atoms with Crippen LogP contribution in [0.3, 0.4) is 0 Å². The van der Waals surface area contributed by atoms with E-state index < -0.39 is 0 Å². The van der Waals surface area contributed by atoms with E-state index in [2.05, 4.69) is 106 Å². The first-order valence-electron chi connectivity index (χ1n) is 18.8. The van der Waals surface area contributed by atoms with Crippen molar-refractivity contribution in [2.45, 2.75) is 183 Å². The van der Waals surface area contributed by atoms with Crippen LogP contribution < -0.4 is 0 Å². The maximum Gasteiger partial charge on any atom is 0.0657 e. The third-order valence-corrected chi connectivity index (χ3v) is 10.0. The maximum atomic E-state index is 5.51. The average Bonchev–Trinajstić information content (AvgIpc) is 2.95. The highest BCUT2D eigenvalue weighted by atomic mass is 16.5. The predicted octanol–water partition coefficient (Wildman–Crippen LogP) is 13.6. The number of ether oxygens (including phenoxy) is 2. The zero-order chi connectivity index (χ0) is 33.4. The number of rotatable bonds is 28. The third kappa shape index (κ3) is 26.4. The van der Waals surface area contributed by atoms with E-state index in [1.807, 2.05) is 0 Å².